The summed E-state index contributed by atoms with van der Waals surface area (Å²) in [5.41, 5.74) is 1.86. The van der Waals surface area contributed by atoms with Crippen molar-refractivity contribution in [1.82, 2.24) is 0 Å². The van der Waals surface area contributed by atoms with E-state index in [1.54, 1.807) is 12.1 Å². The van der Waals surface area contributed by atoms with E-state index in [1.807, 2.05) is 12.1 Å². The molecule has 0 radical (unpaired) electrons. The number of hydrogen-bond acceptors (Lipinski definition) is 2. The van der Waals surface area contributed by atoms with Gasteiger partial charge in [-0.3, -0.25) is 0 Å². The molecule has 0 saturated heterocycles. The van der Waals surface area contributed by atoms with E-state index in [9.17, 15) is 0 Å². The van der Waals surface area contributed by atoms with E-state index < -0.39 is 7.12 Å². The van der Waals surface area contributed by atoms with Gasteiger partial charge in [-0.2, -0.15) is 0 Å². The molecule has 1 unspecified atom stereocenters. The minimum absolute atomic E-state index is 0.560. The highest BCUT2D eigenvalue weighted by molar-refractivity contribution is 6.58. The Bertz CT molecular complexity index is 282. The third kappa shape index (κ3) is 3.36. The Morgan fingerprint density at radius 2 is 1.73 bits per heavy atom. The van der Waals surface area contributed by atoms with Gasteiger partial charge in [0.25, 0.3) is 0 Å². The molecule has 0 aromatic heterocycles. The fraction of sp³-hybridized carbons (Fsp3) is 0.500. The maximum Gasteiger partial charge on any atom is 0.488 e. The second-order valence-corrected chi connectivity index (χ2v) is 3.93. The summed E-state index contributed by atoms with van der Waals surface area (Å²) < 4.78 is 0. The molecule has 0 fully saturated rings. The number of benzene rings is 1. The van der Waals surface area contributed by atoms with Crippen molar-refractivity contribution in [3.63, 3.8) is 0 Å². The smallest absolute Gasteiger partial charge is 0.423 e. The number of rotatable bonds is 5. The van der Waals surface area contributed by atoms with Crippen LogP contribution in [0.25, 0.3) is 0 Å². The third-order valence-electron chi connectivity index (χ3n) is 2.84. The molecule has 82 valence electrons. The zero-order chi connectivity index (χ0) is 11.3. The fourth-order valence-corrected chi connectivity index (χ4v) is 1.90. The van der Waals surface area contributed by atoms with Crippen LogP contribution >= 0.6 is 0 Å². The van der Waals surface area contributed by atoms with Crippen LogP contribution in [0.4, 0.5) is 0 Å². The lowest BCUT2D eigenvalue weighted by molar-refractivity contribution is 0.425. The molecule has 0 bridgehead atoms. The molecular weight excluding hydrogens is 187 g/mol. The molecule has 0 spiro atoms. The Kier molecular flexibility index (Phi) is 4.86. The van der Waals surface area contributed by atoms with Crippen LogP contribution in [0, 0.1) is 0 Å². The van der Waals surface area contributed by atoms with Gasteiger partial charge in [0, 0.05) is 0 Å². The maximum atomic E-state index is 8.97. The average molecular weight is 206 g/mol. The van der Waals surface area contributed by atoms with E-state index >= 15 is 0 Å². The molecule has 0 aliphatic heterocycles. The van der Waals surface area contributed by atoms with Crippen molar-refractivity contribution in [2.24, 2.45) is 0 Å². The van der Waals surface area contributed by atoms with Gasteiger partial charge in [0.15, 0.2) is 0 Å². The SMILES string of the molecule is CCCC(CC)c1ccc(B(O)O)cc1. The highest BCUT2D eigenvalue weighted by Gasteiger charge is 2.12. The molecule has 3 heteroatoms. The minimum Gasteiger partial charge on any atom is -0.423 e. The zero-order valence-corrected chi connectivity index (χ0v) is 9.48. The van der Waals surface area contributed by atoms with Crippen molar-refractivity contribution in [3.05, 3.63) is 29.8 Å². The molecule has 15 heavy (non-hydrogen) atoms. The monoisotopic (exact) mass is 206 g/mol. The van der Waals surface area contributed by atoms with Crippen molar-refractivity contribution >= 4 is 12.6 Å². The maximum absolute atomic E-state index is 8.97. The van der Waals surface area contributed by atoms with Crippen LogP contribution in [0.15, 0.2) is 24.3 Å². The lowest BCUT2D eigenvalue weighted by Gasteiger charge is -2.14. The van der Waals surface area contributed by atoms with Crippen LogP contribution in [0.3, 0.4) is 0 Å². The van der Waals surface area contributed by atoms with Gasteiger partial charge in [-0.15, -0.1) is 0 Å². The van der Waals surface area contributed by atoms with Crippen molar-refractivity contribution < 1.29 is 10.0 Å². The van der Waals surface area contributed by atoms with Crippen LogP contribution in [0.2, 0.25) is 0 Å². The minimum atomic E-state index is -1.36. The summed E-state index contributed by atoms with van der Waals surface area (Å²) in [6.07, 6.45) is 3.51. The average Bonchev–Trinajstić information content (AvgIpc) is 2.26. The molecule has 0 aliphatic rings. The standard InChI is InChI=1S/C12H19BO2/c1-3-5-10(4-2)11-6-8-12(9-7-11)13(14)15/h6-10,14-15H,3-5H2,1-2H3. The van der Waals surface area contributed by atoms with Crippen LogP contribution in [0.5, 0.6) is 0 Å². The Morgan fingerprint density at radius 1 is 1.13 bits per heavy atom. The van der Waals surface area contributed by atoms with Gasteiger partial charge >= 0.3 is 7.12 Å². The summed E-state index contributed by atoms with van der Waals surface area (Å²) in [5, 5.41) is 17.9. The van der Waals surface area contributed by atoms with Crippen molar-refractivity contribution in [1.29, 1.82) is 0 Å². The van der Waals surface area contributed by atoms with E-state index in [2.05, 4.69) is 13.8 Å². The predicted molar refractivity (Wildman–Crippen MR) is 64.2 cm³/mol. The van der Waals surface area contributed by atoms with Gasteiger partial charge in [0.2, 0.25) is 0 Å². The molecular formula is C12H19BO2. The van der Waals surface area contributed by atoms with Gasteiger partial charge in [0.1, 0.15) is 0 Å². The summed E-state index contributed by atoms with van der Waals surface area (Å²) >= 11 is 0. The summed E-state index contributed by atoms with van der Waals surface area (Å²) in [6, 6.07) is 7.58. The highest BCUT2D eigenvalue weighted by Crippen LogP contribution is 2.23. The molecule has 0 saturated carbocycles. The summed E-state index contributed by atoms with van der Waals surface area (Å²) in [4.78, 5) is 0. The summed E-state index contributed by atoms with van der Waals surface area (Å²) in [6.45, 7) is 4.38. The van der Waals surface area contributed by atoms with E-state index in [0.29, 0.717) is 11.4 Å². The summed E-state index contributed by atoms with van der Waals surface area (Å²) in [5.74, 6) is 0.597. The highest BCUT2D eigenvalue weighted by atomic mass is 16.4. The third-order valence-corrected chi connectivity index (χ3v) is 2.84. The molecule has 0 amide bonds. The topological polar surface area (TPSA) is 40.5 Å². The summed E-state index contributed by atoms with van der Waals surface area (Å²) in [7, 11) is -1.36. The number of hydrogen-bond donors (Lipinski definition) is 2. The molecule has 1 aromatic rings. The first-order valence-corrected chi connectivity index (χ1v) is 5.65. The molecule has 0 heterocycles. The van der Waals surface area contributed by atoms with Crippen molar-refractivity contribution in [2.75, 3.05) is 0 Å². The van der Waals surface area contributed by atoms with Gasteiger partial charge < -0.3 is 10.0 Å². The largest absolute Gasteiger partial charge is 0.488 e. The molecule has 2 N–H and O–H groups in total. The quantitative estimate of drug-likeness (QED) is 0.719. The predicted octanol–water partition coefficient (Wildman–Crippen LogP) is 1.66. The van der Waals surface area contributed by atoms with Crippen LogP contribution in [-0.4, -0.2) is 17.2 Å². The van der Waals surface area contributed by atoms with Crippen molar-refractivity contribution in [2.45, 2.75) is 39.0 Å². The molecule has 1 aromatic carbocycles. The van der Waals surface area contributed by atoms with Gasteiger partial charge in [-0.25, -0.2) is 0 Å². The molecule has 1 atom stereocenters. The fourth-order valence-electron chi connectivity index (χ4n) is 1.90. The first-order valence-electron chi connectivity index (χ1n) is 5.65. The molecule has 1 rings (SSSR count). The van der Waals surface area contributed by atoms with Gasteiger partial charge in [-0.1, -0.05) is 44.5 Å². The second kappa shape index (κ2) is 5.94. The van der Waals surface area contributed by atoms with E-state index in [-0.39, 0.29) is 0 Å². The Morgan fingerprint density at radius 3 is 2.13 bits per heavy atom. The van der Waals surface area contributed by atoms with Gasteiger partial charge in [-0.05, 0) is 29.8 Å². The Balaban J connectivity index is 2.77. The van der Waals surface area contributed by atoms with Gasteiger partial charge in [0.05, 0.1) is 0 Å². The zero-order valence-electron chi connectivity index (χ0n) is 9.48. The molecule has 0 aliphatic carbocycles. The Labute approximate surface area is 92.1 Å². The van der Waals surface area contributed by atoms with Crippen LogP contribution in [0.1, 0.15) is 44.6 Å². The van der Waals surface area contributed by atoms with E-state index in [1.165, 1.54) is 18.4 Å². The first kappa shape index (κ1) is 12.3. The molecule has 2 nitrogen and oxygen atoms in total. The normalized spacial score (nSPS) is 12.5. The lowest BCUT2D eigenvalue weighted by atomic mass is 9.79. The van der Waals surface area contributed by atoms with Crippen molar-refractivity contribution in [3.8, 4) is 0 Å². The Hall–Kier alpha value is -0.795. The van der Waals surface area contributed by atoms with E-state index in [0.717, 1.165) is 6.42 Å². The van der Waals surface area contributed by atoms with Crippen LogP contribution < -0.4 is 5.46 Å². The van der Waals surface area contributed by atoms with Crippen LogP contribution in [-0.2, 0) is 0 Å². The second-order valence-electron chi connectivity index (χ2n) is 3.93. The lowest BCUT2D eigenvalue weighted by Crippen LogP contribution is -2.29. The van der Waals surface area contributed by atoms with E-state index in [4.69, 9.17) is 10.0 Å². The first-order chi connectivity index (χ1) is 7.19.